The molecule has 144 valence electrons. The van der Waals surface area contributed by atoms with Crippen LogP contribution in [0.3, 0.4) is 0 Å². The number of rotatable bonds is 4. The first-order valence-electron chi connectivity index (χ1n) is 8.32. The molecule has 2 aliphatic rings. The van der Waals surface area contributed by atoms with Crippen LogP contribution in [-0.2, 0) is 33.3 Å². The van der Waals surface area contributed by atoms with Crippen molar-refractivity contribution in [2.75, 3.05) is 13.7 Å². The van der Waals surface area contributed by atoms with Crippen LogP contribution < -0.4 is 0 Å². The summed E-state index contributed by atoms with van der Waals surface area (Å²) in [6, 6.07) is 8.21. The lowest BCUT2D eigenvalue weighted by molar-refractivity contribution is -0.306. The number of fused-ring (bicyclic) bond motifs is 1. The van der Waals surface area contributed by atoms with Crippen LogP contribution in [-0.4, -0.2) is 56.1 Å². The third-order valence-electron chi connectivity index (χ3n) is 4.34. The van der Waals surface area contributed by atoms with Crippen molar-refractivity contribution in [2.45, 2.75) is 43.7 Å². The minimum atomic E-state index is -1.25. The highest BCUT2D eigenvalue weighted by Gasteiger charge is 2.53. The van der Waals surface area contributed by atoms with Crippen molar-refractivity contribution in [3.8, 4) is 0 Å². The van der Waals surface area contributed by atoms with Gasteiger partial charge in [-0.05, 0) is 5.53 Å². The van der Waals surface area contributed by atoms with Crippen LogP contribution in [0, 0.1) is 0 Å². The fourth-order valence-corrected chi connectivity index (χ4v) is 3.20. The van der Waals surface area contributed by atoms with E-state index in [1.165, 1.54) is 14.0 Å². The number of hydrogen-bond acceptors (Lipinski definition) is 8. The van der Waals surface area contributed by atoms with Crippen molar-refractivity contribution in [3.63, 3.8) is 0 Å². The average Bonchev–Trinajstić information content (AvgIpc) is 2.69. The van der Waals surface area contributed by atoms with Gasteiger partial charge in [-0.3, -0.25) is 4.79 Å². The number of nitrogens with zero attached hydrogens (tertiary/aromatic N) is 3. The average molecular weight is 377 g/mol. The summed E-state index contributed by atoms with van der Waals surface area (Å²) in [4.78, 5) is 26.5. The van der Waals surface area contributed by atoms with Crippen molar-refractivity contribution in [1.29, 1.82) is 0 Å². The fourth-order valence-electron chi connectivity index (χ4n) is 3.20. The van der Waals surface area contributed by atoms with Crippen molar-refractivity contribution in [2.24, 2.45) is 5.11 Å². The standard InChI is InChI=1S/C17H19N3O7/c1-9(21)25-14-12(19-20-18)13-11(26-15(14)16(22)23-2)8-24-17(27-13)10-6-4-3-5-7-10/h3-7,11-15,17H,8H2,1-2H3/t11-,12-,13+,14-,15-,17-/m1/s1. The maximum atomic E-state index is 12.1. The number of carbonyl (C=O) groups is 2. The monoisotopic (exact) mass is 377 g/mol. The molecule has 2 aliphatic heterocycles. The second-order valence-electron chi connectivity index (χ2n) is 6.06. The minimum absolute atomic E-state index is 0.0992. The third kappa shape index (κ3) is 4.04. The molecule has 0 spiro atoms. The predicted molar refractivity (Wildman–Crippen MR) is 89.2 cm³/mol. The summed E-state index contributed by atoms with van der Waals surface area (Å²) in [5.41, 5.74) is 9.77. The highest BCUT2D eigenvalue weighted by Crippen LogP contribution is 2.36. The Morgan fingerprint density at radius 3 is 2.63 bits per heavy atom. The first kappa shape index (κ1) is 19.1. The first-order valence-corrected chi connectivity index (χ1v) is 8.32. The van der Waals surface area contributed by atoms with E-state index >= 15 is 0 Å². The molecule has 27 heavy (non-hydrogen) atoms. The maximum Gasteiger partial charge on any atom is 0.338 e. The lowest BCUT2D eigenvalue weighted by Crippen LogP contribution is -2.63. The molecule has 1 aromatic rings. The van der Waals surface area contributed by atoms with Crippen LogP contribution in [0.5, 0.6) is 0 Å². The van der Waals surface area contributed by atoms with Gasteiger partial charge in [-0.15, -0.1) is 0 Å². The molecular formula is C17H19N3O7. The van der Waals surface area contributed by atoms with Gasteiger partial charge in [0.1, 0.15) is 24.4 Å². The van der Waals surface area contributed by atoms with E-state index in [1.807, 2.05) is 30.3 Å². The van der Waals surface area contributed by atoms with E-state index in [-0.39, 0.29) is 6.61 Å². The van der Waals surface area contributed by atoms with Crippen molar-refractivity contribution in [3.05, 3.63) is 46.3 Å². The molecule has 1 aromatic carbocycles. The molecule has 10 nitrogen and oxygen atoms in total. The van der Waals surface area contributed by atoms with Crippen molar-refractivity contribution < 1.29 is 33.3 Å². The molecule has 6 atom stereocenters. The van der Waals surface area contributed by atoms with Crippen LogP contribution in [0.15, 0.2) is 35.4 Å². The molecule has 3 rings (SSSR count). The molecule has 2 saturated heterocycles. The van der Waals surface area contributed by atoms with Gasteiger partial charge in [0.2, 0.25) is 0 Å². The number of benzene rings is 1. The van der Waals surface area contributed by atoms with E-state index in [0.717, 1.165) is 5.56 Å². The van der Waals surface area contributed by atoms with Crippen LogP contribution >= 0.6 is 0 Å². The summed E-state index contributed by atoms with van der Waals surface area (Å²) in [5.74, 6) is -1.40. The Morgan fingerprint density at radius 1 is 1.26 bits per heavy atom. The largest absolute Gasteiger partial charge is 0.467 e. The summed E-state index contributed by atoms with van der Waals surface area (Å²) in [7, 11) is 1.19. The van der Waals surface area contributed by atoms with Gasteiger partial charge in [-0.25, -0.2) is 4.79 Å². The molecule has 2 fully saturated rings. The van der Waals surface area contributed by atoms with Gasteiger partial charge < -0.3 is 23.7 Å². The molecule has 0 aromatic heterocycles. The third-order valence-corrected chi connectivity index (χ3v) is 4.34. The van der Waals surface area contributed by atoms with E-state index in [2.05, 4.69) is 10.0 Å². The summed E-state index contributed by atoms with van der Waals surface area (Å²) >= 11 is 0. The molecule has 0 saturated carbocycles. The summed E-state index contributed by atoms with van der Waals surface area (Å²) in [5, 5.41) is 3.73. The van der Waals surface area contributed by atoms with Gasteiger partial charge in [-0.2, -0.15) is 0 Å². The Balaban J connectivity index is 1.90. The zero-order chi connectivity index (χ0) is 19.4. The van der Waals surface area contributed by atoms with Crippen molar-refractivity contribution in [1.82, 2.24) is 0 Å². The quantitative estimate of drug-likeness (QED) is 0.337. The van der Waals surface area contributed by atoms with Crippen LogP contribution in [0.4, 0.5) is 0 Å². The van der Waals surface area contributed by atoms with Gasteiger partial charge in [0, 0.05) is 17.4 Å². The Hall–Kier alpha value is -2.65. The topological polar surface area (TPSA) is 129 Å². The van der Waals surface area contributed by atoms with Gasteiger partial charge in [0.15, 0.2) is 12.4 Å². The molecule has 10 heteroatoms. The van der Waals surface area contributed by atoms with Crippen LogP contribution in [0.1, 0.15) is 18.8 Å². The molecule has 0 radical (unpaired) electrons. The number of methoxy groups -OCH3 is 1. The van der Waals surface area contributed by atoms with E-state index < -0.39 is 48.7 Å². The van der Waals surface area contributed by atoms with E-state index in [1.54, 1.807) is 0 Å². The molecule has 0 amide bonds. The fraction of sp³-hybridized carbons (Fsp3) is 0.529. The van der Waals surface area contributed by atoms with Gasteiger partial charge in [-0.1, -0.05) is 35.4 Å². The zero-order valence-electron chi connectivity index (χ0n) is 14.8. The van der Waals surface area contributed by atoms with Crippen molar-refractivity contribution >= 4 is 11.9 Å². The van der Waals surface area contributed by atoms with E-state index in [9.17, 15) is 9.59 Å². The SMILES string of the molecule is COC(=O)[C@@H]1O[C@@H]2CO[C@@H](c3ccccc3)O[C@@H]2[C@@H](N=[N+]=[N-])[C@H]1OC(C)=O. The Kier molecular flexibility index (Phi) is 5.92. The number of ether oxygens (including phenoxy) is 5. The Bertz CT molecular complexity index is 737. The zero-order valence-corrected chi connectivity index (χ0v) is 14.8. The molecule has 2 heterocycles. The second kappa shape index (κ2) is 8.36. The van der Waals surface area contributed by atoms with Crippen LogP contribution in [0.2, 0.25) is 0 Å². The smallest absolute Gasteiger partial charge is 0.338 e. The lowest BCUT2D eigenvalue weighted by Gasteiger charge is -2.46. The molecular weight excluding hydrogens is 358 g/mol. The number of hydrogen-bond donors (Lipinski definition) is 0. The molecule has 0 N–H and O–H groups in total. The summed E-state index contributed by atoms with van der Waals surface area (Å²) in [6.07, 6.45) is -4.61. The highest BCUT2D eigenvalue weighted by molar-refractivity contribution is 5.76. The van der Waals surface area contributed by atoms with E-state index in [4.69, 9.17) is 29.2 Å². The highest BCUT2D eigenvalue weighted by atomic mass is 16.7. The van der Waals surface area contributed by atoms with Gasteiger partial charge in [0.25, 0.3) is 0 Å². The molecule has 0 aliphatic carbocycles. The normalized spacial score (nSPS) is 32.5. The predicted octanol–water partition coefficient (Wildman–Crippen LogP) is 1.65. The summed E-state index contributed by atoms with van der Waals surface area (Å²) in [6.45, 7) is 1.28. The minimum Gasteiger partial charge on any atom is -0.467 e. The number of esters is 2. The Morgan fingerprint density at radius 2 is 2.00 bits per heavy atom. The molecule has 0 bridgehead atoms. The number of azide groups is 1. The lowest BCUT2D eigenvalue weighted by atomic mass is 9.92. The van der Waals surface area contributed by atoms with Gasteiger partial charge in [0.05, 0.1) is 13.7 Å². The second-order valence-corrected chi connectivity index (χ2v) is 6.06. The summed E-state index contributed by atoms with van der Waals surface area (Å²) < 4.78 is 27.3. The van der Waals surface area contributed by atoms with E-state index in [0.29, 0.717) is 0 Å². The maximum absolute atomic E-state index is 12.1. The van der Waals surface area contributed by atoms with Crippen LogP contribution in [0.25, 0.3) is 10.4 Å². The van der Waals surface area contributed by atoms with Gasteiger partial charge >= 0.3 is 11.9 Å². The first-order chi connectivity index (χ1) is 13.0. The Labute approximate surface area is 154 Å². The number of carbonyl (C=O) groups excluding carboxylic acids is 2. The molecule has 0 unspecified atom stereocenters.